The van der Waals surface area contributed by atoms with Gasteiger partial charge in [-0.3, -0.25) is 14.5 Å². The lowest BCUT2D eigenvalue weighted by Crippen LogP contribution is -2.45. The Morgan fingerprint density at radius 3 is 2.45 bits per heavy atom. The van der Waals surface area contributed by atoms with Crippen molar-refractivity contribution in [2.45, 2.75) is 45.1 Å². The highest BCUT2D eigenvalue weighted by molar-refractivity contribution is 6.30. The van der Waals surface area contributed by atoms with E-state index < -0.39 is 0 Å². The average Bonchev–Trinajstić information content (AvgIpc) is 3.32. The number of halogens is 2. The Kier molecular flexibility index (Phi) is 8.51. The van der Waals surface area contributed by atoms with E-state index in [0.29, 0.717) is 23.2 Å². The highest BCUT2D eigenvalue weighted by atomic mass is 35.5. The van der Waals surface area contributed by atoms with Gasteiger partial charge in [0, 0.05) is 22.5 Å². The predicted octanol–water partition coefficient (Wildman–Crippen LogP) is 6.39. The van der Waals surface area contributed by atoms with Crippen molar-refractivity contribution in [3.8, 4) is 0 Å². The molecule has 0 spiro atoms. The maximum Gasteiger partial charge on any atom is 0.310 e. The van der Waals surface area contributed by atoms with Gasteiger partial charge in [-0.1, -0.05) is 47.5 Å². The first kappa shape index (κ1) is 26.9. The van der Waals surface area contributed by atoms with Gasteiger partial charge in [-0.05, 0) is 92.6 Å². The van der Waals surface area contributed by atoms with Gasteiger partial charge in [0.05, 0.1) is 30.8 Å². The van der Waals surface area contributed by atoms with E-state index in [2.05, 4.69) is 11.0 Å². The second-order valence-electron chi connectivity index (χ2n) is 10.3. The fourth-order valence-electron chi connectivity index (χ4n) is 5.88. The predicted molar refractivity (Wildman–Crippen MR) is 151 cm³/mol. The summed E-state index contributed by atoms with van der Waals surface area (Å²) in [6, 6.07) is 15.3. The van der Waals surface area contributed by atoms with Crippen LogP contribution in [0, 0.1) is 11.8 Å². The zero-order valence-corrected chi connectivity index (χ0v) is 23.1. The van der Waals surface area contributed by atoms with Crippen molar-refractivity contribution >= 4 is 46.9 Å². The Bertz CT molecular complexity index is 1230. The molecule has 3 atom stereocenters. The van der Waals surface area contributed by atoms with Gasteiger partial charge in [-0.2, -0.15) is 5.10 Å². The number of rotatable bonds is 6. The number of fused-ring (bicyclic) bond motifs is 1. The van der Waals surface area contributed by atoms with Crippen molar-refractivity contribution in [2.24, 2.45) is 16.9 Å². The SMILES string of the molecule is CCOC(=O)C1CCCN(CC(=O)N2N=C3/C(=C\c4ccc(Cl)cc4)CCCC3C2c2ccc(Cl)cc2)C1. The monoisotopic (exact) mass is 553 g/mol. The molecule has 0 aromatic heterocycles. The van der Waals surface area contributed by atoms with Crippen molar-refractivity contribution in [3.05, 3.63) is 75.3 Å². The largest absolute Gasteiger partial charge is 0.466 e. The minimum atomic E-state index is -0.190. The average molecular weight is 555 g/mol. The highest BCUT2D eigenvalue weighted by Gasteiger charge is 2.44. The zero-order chi connectivity index (χ0) is 26.6. The van der Waals surface area contributed by atoms with Crippen LogP contribution in [0.1, 0.15) is 56.2 Å². The number of likely N-dealkylation sites (tertiary alicyclic amines) is 1. The second-order valence-corrected chi connectivity index (χ2v) is 11.1. The number of carbonyl (C=O) groups excluding carboxylic acids is 2. The zero-order valence-electron chi connectivity index (χ0n) is 21.6. The number of hydrogen-bond donors (Lipinski definition) is 0. The van der Waals surface area contributed by atoms with Crippen LogP contribution in [0.2, 0.25) is 10.0 Å². The molecule has 200 valence electrons. The van der Waals surface area contributed by atoms with Crippen LogP contribution in [0.3, 0.4) is 0 Å². The van der Waals surface area contributed by atoms with Gasteiger partial charge in [-0.25, -0.2) is 5.01 Å². The Morgan fingerprint density at radius 2 is 1.74 bits per heavy atom. The van der Waals surface area contributed by atoms with E-state index in [1.165, 1.54) is 0 Å². The van der Waals surface area contributed by atoms with Gasteiger partial charge >= 0.3 is 5.97 Å². The summed E-state index contributed by atoms with van der Waals surface area (Å²) in [7, 11) is 0. The van der Waals surface area contributed by atoms with E-state index in [0.717, 1.165) is 61.1 Å². The third-order valence-electron chi connectivity index (χ3n) is 7.66. The first-order valence-electron chi connectivity index (χ1n) is 13.4. The Hall–Kier alpha value is -2.67. The molecule has 0 bridgehead atoms. The molecule has 5 rings (SSSR count). The molecule has 38 heavy (non-hydrogen) atoms. The van der Waals surface area contributed by atoms with Crippen LogP contribution in [0.4, 0.5) is 0 Å². The maximum atomic E-state index is 13.8. The number of esters is 1. The Labute approximate surface area is 234 Å². The van der Waals surface area contributed by atoms with Crippen molar-refractivity contribution in [1.82, 2.24) is 9.91 Å². The summed E-state index contributed by atoms with van der Waals surface area (Å²) in [6.45, 7) is 3.73. The summed E-state index contributed by atoms with van der Waals surface area (Å²) < 4.78 is 5.24. The van der Waals surface area contributed by atoms with Crippen molar-refractivity contribution in [2.75, 3.05) is 26.2 Å². The van der Waals surface area contributed by atoms with E-state index in [4.69, 9.17) is 33.0 Å². The lowest BCUT2D eigenvalue weighted by molar-refractivity contribution is -0.151. The van der Waals surface area contributed by atoms with Crippen molar-refractivity contribution in [3.63, 3.8) is 0 Å². The molecule has 8 heteroatoms. The number of piperidine rings is 1. The molecule has 2 aliphatic heterocycles. The molecule has 1 saturated heterocycles. The summed E-state index contributed by atoms with van der Waals surface area (Å²) >= 11 is 12.3. The molecule has 3 unspecified atom stereocenters. The summed E-state index contributed by atoms with van der Waals surface area (Å²) in [5.74, 6) is -0.304. The van der Waals surface area contributed by atoms with Gasteiger partial charge in [0.2, 0.25) is 0 Å². The van der Waals surface area contributed by atoms with Crippen molar-refractivity contribution < 1.29 is 14.3 Å². The van der Waals surface area contributed by atoms with Crippen molar-refractivity contribution in [1.29, 1.82) is 0 Å². The lowest BCUT2D eigenvalue weighted by Gasteiger charge is -2.33. The first-order valence-corrected chi connectivity index (χ1v) is 14.2. The smallest absolute Gasteiger partial charge is 0.310 e. The third kappa shape index (κ3) is 5.98. The molecule has 0 N–H and O–H groups in total. The van der Waals surface area contributed by atoms with Crippen LogP contribution in [0.15, 0.2) is 59.2 Å². The van der Waals surface area contributed by atoms with Gasteiger partial charge < -0.3 is 4.74 Å². The standard InChI is InChI=1S/C30H33Cl2N3O3/c1-2-38-30(37)23-6-4-16-34(18-23)19-27(36)35-29(21-10-14-25(32)15-11-21)26-7-3-5-22(28(26)33-35)17-20-8-12-24(31)13-9-20/h8-15,17,23,26,29H,2-7,16,18-19H2,1H3/b22-17-. The Balaban J connectivity index is 1.42. The molecular formula is C30H33Cl2N3O3. The molecule has 2 aromatic carbocycles. The molecule has 2 heterocycles. The van der Waals surface area contributed by atoms with E-state index in [1.807, 2.05) is 55.5 Å². The highest BCUT2D eigenvalue weighted by Crippen LogP contribution is 2.44. The molecule has 0 radical (unpaired) electrons. The minimum Gasteiger partial charge on any atom is -0.466 e. The van der Waals surface area contributed by atoms with E-state index >= 15 is 0 Å². The summed E-state index contributed by atoms with van der Waals surface area (Å²) in [5.41, 5.74) is 4.25. The van der Waals surface area contributed by atoms with Gasteiger partial charge in [-0.15, -0.1) is 0 Å². The Morgan fingerprint density at radius 1 is 1.03 bits per heavy atom. The third-order valence-corrected chi connectivity index (χ3v) is 8.17. The van der Waals surface area contributed by atoms with Crippen LogP contribution in [0.5, 0.6) is 0 Å². The molecule has 1 amide bonds. The molecular weight excluding hydrogens is 521 g/mol. The van der Waals surface area contributed by atoms with Crippen LogP contribution < -0.4 is 0 Å². The van der Waals surface area contributed by atoms with Crippen LogP contribution >= 0.6 is 23.2 Å². The normalized spacial score (nSPS) is 24.7. The first-order chi connectivity index (χ1) is 18.4. The molecule has 1 aliphatic carbocycles. The van der Waals surface area contributed by atoms with E-state index in [1.54, 1.807) is 5.01 Å². The fourth-order valence-corrected chi connectivity index (χ4v) is 6.13. The van der Waals surface area contributed by atoms with Crippen LogP contribution in [-0.2, 0) is 14.3 Å². The number of hydrogen-bond acceptors (Lipinski definition) is 5. The van der Waals surface area contributed by atoms with E-state index in [9.17, 15) is 9.59 Å². The molecule has 2 aromatic rings. The summed E-state index contributed by atoms with van der Waals surface area (Å²) in [4.78, 5) is 28.2. The number of carbonyl (C=O) groups is 2. The number of amides is 1. The molecule has 2 fully saturated rings. The number of nitrogens with zero attached hydrogens (tertiary/aromatic N) is 3. The maximum absolute atomic E-state index is 13.8. The number of benzene rings is 2. The molecule has 1 saturated carbocycles. The van der Waals surface area contributed by atoms with Gasteiger partial charge in [0.25, 0.3) is 5.91 Å². The van der Waals surface area contributed by atoms with Gasteiger partial charge in [0.15, 0.2) is 0 Å². The molecule has 6 nitrogen and oxygen atoms in total. The number of hydrazone groups is 1. The van der Waals surface area contributed by atoms with Crippen LogP contribution in [-0.4, -0.2) is 53.7 Å². The van der Waals surface area contributed by atoms with Gasteiger partial charge in [0.1, 0.15) is 0 Å². The quantitative estimate of drug-likeness (QED) is 0.388. The topological polar surface area (TPSA) is 62.2 Å². The lowest BCUT2D eigenvalue weighted by atomic mass is 9.77. The number of allylic oxidation sites excluding steroid dienone is 1. The van der Waals surface area contributed by atoms with E-state index in [-0.39, 0.29) is 36.3 Å². The second kappa shape index (κ2) is 12.0. The van der Waals surface area contributed by atoms with Crippen LogP contribution in [0.25, 0.3) is 6.08 Å². The summed E-state index contributed by atoms with van der Waals surface area (Å²) in [5, 5.41) is 8.05. The minimum absolute atomic E-state index is 0.0535. The summed E-state index contributed by atoms with van der Waals surface area (Å²) in [6.07, 6.45) is 6.74. The fraction of sp³-hybridized carbons (Fsp3) is 0.433. The number of ether oxygens (including phenoxy) is 1. The molecule has 3 aliphatic rings.